The van der Waals surface area contributed by atoms with E-state index in [4.69, 9.17) is 9.94 Å². The highest BCUT2D eigenvalue weighted by molar-refractivity contribution is 7.92. The van der Waals surface area contributed by atoms with Gasteiger partial charge in [-0.3, -0.25) is 15.0 Å². The number of carbonyl (C=O) groups excluding carboxylic acids is 1. The third-order valence-electron chi connectivity index (χ3n) is 6.14. The van der Waals surface area contributed by atoms with Crippen LogP contribution in [0.2, 0.25) is 0 Å². The quantitative estimate of drug-likeness (QED) is 0.422. The second-order valence-corrected chi connectivity index (χ2v) is 10.9. The number of hydroxylamine groups is 1. The Morgan fingerprint density at radius 3 is 2.67 bits per heavy atom. The lowest BCUT2D eigenvalue weighted by Crippen LogP contribution is -2.54. The number of likely N-dealkylation sites (N-methyl/N-ethyl adjacent to an activating group) is 1. The Hall–Kier alpha value is -3.01. The molecule has 0 bridgehead atoms. The van der Waals surface area contributed by atoms with Crippen LogP contribution in [0.25, 0.3) is 10.9 Å². The Bertz CT molecular complexity index is 1280. The van der Waals surface area contributed by atoms with Crippen LogP contribution in [0, 0.1) is 6.92 Å². The van der Waals surface area contributed by atoms with Gasteiger partial charge in [-0.25, -0.2) is 13.9 Å². The SMILES string of the molecule is Cc1cc(COc2ccc(C3(CC(=O)NO)CN(C)CCS3(=O)=O)cc2)c2ccccc2n1. The second kappa shape index (κ2) is 9.09. The fraction of sp³-hybridized carbons (Fsp3) is 0.333. The molecule has 8 nitrogen and oxygen atoms in total. The zero-order valence-corrected chi connectivity index (χ0v) is 19.4. The van der Waals surface area contributed by atoms with Gasteiger partial charge in [0, 0.05) is 29.7 Å². The van der Waals surface area contributed by atoms with Gasteiger partial charge in [0.1, 0.15) is 17.1 Å². The normalized spacial score (nSPS) is 20.5. The Balaban J connectivity index is 1.61. The minimum atomic E-state index is -3.63. The average Bonchev–Trinajstić information content (AvgIpc) is 2.80. The number of benzene rings is 2. The lowest BCUT2D eigenvalue weighted by Gasteiger charge is -2.40. The molecule has 1 saturated heterocycles. The maximum Gasteiger partial charge on any atom is 0.245 e. The van der Waals surface area contributed by atoms with E-state index in [-0.39, 0.29) is 18.7 Å². The molecule has 33 heavy (non-hydrogen) atoms. The van der Waals surface area contributed by atoms with Crippen LogP contribution >= 0.6 is 0 Å². The number of nitrogens with zero attached hydrogens (tertiary/aromatic N) is 2. The van der Waals surface area contributed by atoms with Crippen LogP contribution in [0.4, 0.5) is 0 Å². The Kier molecular flexibility index (Phi) is 6.38. The van der Waals surface area contributed by atoms with Crippen molar-refractivity contribution < 1.29 is 23.2 Å². The molecular weight excluding hydrogens is 442 g/mol. The molecule has 2 heterocycles. The van der Waals surface area contributed by atoms with E-state index in [1.165, 1.54) is 0 Å². The van der Waals surface area contributed by atoms with Crippen molar-refractivity contribution in [1.29, 1.82) is 0 Å². The Labute approximate surface area is 193 Å². The molecule has 0 aliphatic carbocycles. The van der Waals surface area contributed by atoms with Gasteiger partial charge in [-0.2, -0.15) is 0 Å². The number of pyridine rings is 1. The average molecular weight is 470 g/mol. The van der Waals surface area contributed by atoms with Crippen molar-refractivity contribution in [3.05, 3.63) is 71.4 Å². The van der Waals surface area contributed by atoms with Crippen LogP contribution in [-0.2, 0) is 26.0 Å². The van der Waals surface area contributed by atoms with Crippen LogP contribution in [0.5, 0.6) is 5.75 Å². The lowest BCUT2D eigenvalue weighted by atomic mass is 9.93. The molecule has 1 unspecified atom stereocenters. The molecule has 0 saturated carbocycles. The Morgan fingerprint density at radius 2 is 1.94 bits per heavy atom. The monoisotopic (exact) mass is 469 g/mol. The van der Waals surface area contributed by atoms with Gasteiger partial charge in [0.2, 0.25) is 5.91 Å². The van der Waals surface area contributed by atoms with Gasteiger partial charge in [-0.05, 0) is 43.8 Å². The first-order chi connectivity index (χ1) is 15.7. The molecule has 9 heteroatoms. The number of hydrogen-bond donors (Lipinski definition) is 2. The first-order valence-electron chi connectivity index (χ1n) is 10.7. The molecule has 1 atom stereocenters. The maximum absolute atomic E-state index is 13.1. The van der Waals surface area contributed by atoms with Crippen molar-refractivity contribution in [1.82, 2.24) is 15.4 Å². The fourth-order valence-electron chi connectivity index (χ4n) is 4.45. The summed E-state index contributed by atoms with van der Waals surface area (Å²) in [5, 5.41) is 10.1. The summed E-state index contributed by atoms with van der Waals surface area (Å²) in [7, 11) is -1.82. The highest BCUT2D eigenvalue weighted by Crippen LogP contribution is 2.39. The second-order valence-electron chi connectivity index (χ2n) is 8.52. The number of carbonyl (C=O) groups is 1. The third-order valence-corrected chi connectivity index (χ3v) is 8.56. The highest BCUT2D eigenvalue weighted by Gasteiger charge is 2.50. The summed E-state index contributed by atoms with van der Waals surface area (Å²) in [5.41, 5.74) is 4.89. The van der Waals surface area contributed by atoms with Crippen LogP contribution in [0.1, 0.15) is 23.2 Å². The van der Waals surface area contributed by atoms with Gasteiger partial charge < -0.3 is 9.64 Å². The van der Waals surface area contributed by atoms with E-state index in [1.54, 1.807) is 29.7 Å². The molecule has 1 fully saturated rings. The molecule has 1 amide bonds. The van der Waals surface area contributed by atoms with Gasteiger partial charge in [0.25, 0.3) is 0 Å². The Morgan fingerprint density at radius 1 is 1.21 bits per heavy atom. The van der Waals surface area contributed by atoms with Crippen molar-refractivity contribution in [3.63, 3.8) is 0 Å². The summed E-state index contributed by atoms with van der Waals surface area (Å²) in [6, 6.07) is 16.7. The van der Waals surface area contributed by atoms with E-state index in [0.29, 0.717) is 24.5 Å². The zero-order valence-electron chi connectivity index (χ0n) is 18.6. The smallest absolute Gasteiger partial charge is 0.245 e. The molecule has 1 aromatic heterocycles. The molecule has 2 aromatic carbocycles. The first kappa shape index (κ1) is 23.2. The molecule has 1 aliphatic heterocycles. The van der Waals surface area contributed by atoms with E-state index in [9.17, 15) is 13.2 Å². The molecule has 2 N–H and O–H groups in total. The van der Waals surface area contributed by atoms with Gasteiger partial charge in [0.15, 0.2) is 9.84 Å². The van der Waals surface area contributed by atoms with E-state index in [0.717, 1.165) is 22.2 Å². The van der Waals surface area contributed by atoms with Crippen molar-refractivity contribution in [3.8, 4) is 5.75 Å². The number of nitrogens with one attached hydrogen (secondary N) is 1. The number of aryl methyl sites for hydroxylation is 1. The lowest BCUT2D eigenvalue weighted by molar-refractivity contribution is -0.130. The number of rotatable bonds is 6. The van der Waals surface area contributed by atoms with Crippen molar-refractivity contribution in [2.75, 3.05) is 25.9 Å². The summed E-state index contributed by atoms with van der Waals surface area (Å²) in [5.74, 6) is -0.218. The molecule has 4 rings (SSSR count). The number of fused-ring (bicyclic) bond motifs is 1. The van der Waals surface area contributed by atoms with Crippen LogP contribution in [0.15, 0.2) is 54.6 Å². The third kappa shape index (κ3) is 4.57. The summed E-state index contributed by atoms with van der Waals surface area (Å²) < 4.78 is 30.8. The van der Waals surface area contributed by atoms with Gasteiger partial charge in [-0.1, -0.05) is 30.3 Å². The molecule has 1 aliphatic rings. The zero-order chi connectivity index (χ0) is 23.6. The van der Waals surface area contributed by atoms with E-state index in [1.807, 2.05) is 49.2 Å². The number of amides is 1. The minimum Gasteiger partial charge on any atom is -0.489 e. The number of ether oxygens (including phenoxy) is 1. The van der Waals surface area contributed by atoms with Crippen molar-refractivity contribution in [2.45, 2.75) is 24.7 Å². The molecule has 0 radical (unpaired) electrons. The van der Waals surface area contributed by atoms with E-state index in [2.05, 4.69) is 4.98 Å². The van der Waals surface area contributed by atoms with Crippen molar-refractivity contribution in [2.24, 2.45) is 0 Å². The minimum absolute atomic E-state index is 0.0606. The number of para-hydroxylation sites is 1. The number of sulfone groups is 1. The molecule has 0 spiro atoms. The van der Waals surface area contributed by atoms with Crippen LogP contribution in [-0.4, -0.2) is 55.3 Å². The van der Waals surface area contributed by atoms with E-state index < -0.39 is 20.5 Å². The summed E-state index contributed by atoms with van der Waals surface area (Å²) in [4.78, 5) is 18.5. The predicted molar refractivity (Wildman–Crippen MR) is 125 cm³/mol. The van der Waals surface area contributed by atoms with Crippen molar-refractivity contribution >= 4 is 26.6 Å². The highest BCUT2D eigenvalue weighted by atomic mass is 32.2. The number of hydrogen-bond acceptors (Lipinski definition) is 7. The summed E-state index contributed by atoms with van der Waals surface area (Å²) in [6.07, 6.45) is -0.362. The maximum atomic E-state index is 13.1. The fourth-order valence-corrected chi connectivity index (χ4v) is 6.66. The van der Waals surface area contributed by atoms with Crippen LogP contribution in [0.3, 0.4) is 0 Å². The first-order valence-corrected chi connectivity index (χ1v) is 12.3. The summed E-state index contributed by atoms with van der Waals surface area (Å²) in [6.45, 7) is 2.83. The van der Waals surface area contributed by atoms with Gasteiger partial charge in [-0.15, -0.1) is 0 Å². The van der Waals surface area contributed by atoms with Crippen LogP contribution < -0.4 is 10.2 Å². The van der Waals surface area contributed by atoms with Gasteiger partial charge >= 0.3 is 0 Å². The molecular formula is C24H27N3O5S. The predicted octanol–water partition coefficient (Wildman–Crippen LogP) is 2.57. The topological polar surface area (TPSA) is 109 Å². The van der Waals surface area contributed by atoms with E-state index >= 15 is 0 Å². The molecule has 3 aromatic rings. The molecule has 174 valence electrons. The standard InChI is InChI=1S/C24H27N3O5S/c1-17-13-18(21-5-3-4-6-22(21)25-17)15-32-20-9-7-19(8-10-20)24(14-23(28)26-29)16-27(2)11-12-33(24,30)31/h3-10,13,29H,11-12,14-16H2,1-2H3,(H,26,28). The van der Waals surface area contributed by atoms with Gasteiger partial charge in [0.05, 0.1) is 17.7 Å². The number of aromatic nitrogens is 1. The largest absolute Gasteiger partial charge is 0.489 e. The summed E-state index contributed by atoms with van der Waals surface area (Å²) >= 11 is 0.